The van der Waals surface area contributed by atoms with Crippen LogP contribution < -0.4 is 5.32 Å². The average molecular weight is 323 g/mol. The van der Waals surface area contributed by atoms with Crippen LogP contribution in [0.5, 0.6) is 0 Å². The fourth-order valence-corrected chi connectivity index (χ4v) is 3.54. The second kappa shape index (κ2) is 7.90. The van der Waals surface area contributed by atoms with Gasteiger partial charge < -0.3 is 15.0 Å². The zero-order valence-electron chi connectivity index (χ0n) is 14.5. The van der Waals surface area contributed by atoms with E-state index in [9.17, 15) is 14.4 Å². The maximum absolute atomic E-state index is 12.8. The molecule has 4 atom stereocenters. The summed E-state index contributed by atoms with van der Waals surface area (Å²) in [5, 5.41) is 2.83. The number of aldehydes is 1. The van der Waals surface area contributed by atoms with Crippen LogP contribution in [0.3, 0.4) is 0 Å². The summed E-state index contributed by atoms with van der Waals surface area (Å²) >= 11 is 0. The molecule has 2 fully saturated rings. The lowest BCUT2D eigenvalue weighted by atomic mass is 10.00. The number of carbonyl (C=O) groups is 3. The largest absolute Gasteiger partial charge is 0.345 e. The first kappa shape index (κ1) is 17.9. The van der Waals surface area contributed by atoms with Gasteiger partial charge in [0.2, 0.25) is 11.8 Å². The molecule has 0 aromatic rings. The molecule has 1 unspecified atom stereocenters. The topological polar surface area (TPSA) is 69.7 Å². The lowest BCUT2D eigenvalue weighted by Gasteiger charge is -2.30. The van der Waals surface area contributed by atoms with Crippen LogP contribution in [0.1, 0.15) is 46.0 Å². The Morgan fingerprint density at radius 3 is 2.43 bits per heavy atom. The molecule has 130 valence electrons. The van der Waals surface area contributed by atoms with Crippen molar-refractivity contribution in [3.8, 4) is 0 Å². The zero-order valence-corrected chi connectivity index (χ0v) is 14.5. The van der Waals surface area contributed by atoms with E-state index >= 15 is 0 Å². The molecule has 2 aliphatic heterocycles. The Labute approximate surface area is 138 Å². The Hall–Kier alpha value is -1.43. The van der Waals surface area contributed by atoms with Crippen molar-refractivity contribution in [3.05, 3.63) is 0 Å². The van der Waals surface area contributed by atoms with Crippen molar-refractivity contribution < 1.29 is 14.4 Å². The summed E-state index contributed by atoms with van der Waals surface area (Å²) in [5.41, 5.74) is 0. The molecule has 0 saturated carbocycles. The molecule has 0 bridgehead atoms. The third-order valence-corrected chi connectivity index (χ3v) is 5.36. The first-order chi connectivity index (χ1) is 11.0. The summed E-state index contributed by atoms with van der Waals surface area (Å²) < 4.78 is 0. The maximum Gasteiger partial charge on any atom is 0.243 e. The van der Waals surface area contributed by atoms with Crippen LogP contribution in [-0.2, 0) is 14.4 Å². The molecule has 0 aromatic carbocycles. The Balaban J connectivity index is 2.01. The number of likely N-dealkylation sites (N-methyl/N-ethyl adjacent to an activating group) is 1. The van der Waals surface area contributed by atoms with Crippen molar-refractivity contribution in [3.63, 3.8) is 0 Å². The lowest BCUT2D eigenvalue weighted by Crippen LogP contribution is -2.53. The van der Waals surface area contributed by atoms with Crippen molar-refractivity contribution in [2.75, 3.05) is 20.1 Å². The van der Waals surface area contributed by atoms with Gasteiger partial charge in [0.1, 0.15) is 12.3 Å². The minimum Gasteiger partial charge on any atom is -0.345 e. The number of nitrogens with one attached hydrogen (secondary N) is 1. The summed E-state index contributed by atoms with van der Waals surface area (Å²) in [6, 6.07) is -0.998. The smallest absolute Gasteiger partial charge is 0.243 e. The van der Waals surface area contributed by atoms with Crippen LogP contribution in [0.15, 0.2) is 0 Å². The van der Waals surface area contributed by atoms with Crippen LogP contribution in [0, 0.1) is 5.92 Å². The predicted molar refractivity (Wildman–Crippen MR) is 87.8 cm³/mol. The number of nitrogens with zero attached hydrogens (tertiary/aromatic N) is 2. The highest BCUT2D eigenvalue weighted by atomic mass is 16.2. The quantitative estimate of drug-likeness (QED) is 0.734. The highest BCUT2D eigenvalue weighted by Gasteiger charge is 2.40. The molecule has 6 heteroatoms. The minimum absolute atomic E-state index is 0.0637. The summed E-state index contributed by atoms with van der Waals surface area (Å²) in [6.07, 6.45) is 5.04. The standard InChI is InChI=1S/C17H29N3O3/c1-4-12(2)13(11-21)18-16(22)14-7-6-10-20(14)17(23)15-8-5-9-19(15)3/h11-15H,4-10H2,1-3H3,(H,18,22)/t12?,13-,14+,15-/m1/s1. The fraction of sp³-hybridized carbons (Fsp3) is 0.824. The lowest BCUT2D eigenvalue weighted by molar-refractivity contribution is -0.142. The van der Waals surface area contributed by atoms with Crippen LogP contribution in [0.4, 0.5) is 0 Å². The highest BCUT2D eigenvalue weighted by molar-refractivity contribution is 5.91. The molecule has 2 heterocycles. The fourth-order valence-electron chi connectivity index (χ4n) is 3.54. The van der Waals surface area contributed by atoms with E-state index in [1.54, 1.807) is 4.90 Å². The maximum atomic E-state index is 12.8. The molecule has 0 radical (unpaired) electrons. The monoisotopic (exact) mass is 323 g/mol. The second-order valence-electron chi connectivity index (χ2n) is 6.88. The molecular weight excluding hydrogens is 294 g/mol. The first-order valence-corrected chi connectivity index (χ1v) is 8.76. The molecule has 23 heavy (non-hydrogen) atoms. The molecule has 6 nitrogen and oxygen atoms in total. The van der Waals surface area contributed by atoms with E-state index in [1.165, 1.54) is 0 Å². The number of rotatable bonds is 6. The third-order valence-electron chi connectivity index (χ3n) is 5.36. The van der Waals surface area contributed by atoms with E-state index in [-0.39, 0.29) is 23.8 Å². The average Bonchev–Trinajstić information content (AvgIpc) is 3.19. The molecular formula is C17H29N3O3. The van der Waals surface area contributed by atoms with Crippen LogP contribution in [0.25, 0.3) is 0 Å². The molecule has 0 spiro atoms. The number of amides is 2. The van der Waals surface area contributed by atoms with Crippen molar-refractivity contribution in [2.45, 2.75) is 64.1 Å². The molecule has 0 aromatic heterocycles. The summed E-state index contributed by atoms with van der Waals surface area (Å²) in [4.78, 5) is 40.3. The van der Waals surface area contributed by atoms with Gasteiger partial charge in [-0.15, -0.1) is 0 Å². The van der Waals surface area contributed by atoms with E-state index in [4.69, 9.17) is 0 Å². The van der Waals surface area contributed by atoms with Gasteiger partial charge in [0.15, 0.2) is 0 Å². The van der Waals surface area contributed by atoms with Crippen LogP contribution in [-0.4, -0.2) is 66.2 Å². The molecule has 2 amide bonds. The molecule has 1 N–H and O–H groups in total. The van der Waals surface area contributed by atoms with E-state index in [0.29, 0.717) is 13.0 Å². The molecule has 2 saturated heterocycles. The number of likely N-dealkylation sites (tertiary alicyclic amines) is 2. The van der Waals surface area contributed by atoms with E-state index in [1.807, 2.05) is 20.9 Å². The van der Waals surface area contributed by atoms with Crippen LogP contribution in [0.2, 0.25) is 0 Å². The molecule has 2 rings (SSSR count). The number of carbonyl (C=O) groups excluding carboxylic acids is 3. The second-order valence-corrected chi connectivity index (χ2v) is 6.88. The van der Waals surface area contributed by atoms with Crippen molar-refractivity contribution >= 4 is 18.1 Å². The van der Waals surface area contributed by atoms with Gasteiger partial charge in [-0.1, -0.05) is 20.3 Å². The van der Waals surface area contributed by atoms with Gasteiger partial charge in [-0.3, -0.25) is 14.5 Å². The number of hydrogen-bond acceptors (Lipinski definition) is 4. The van der Waals surface area contributed by atoms with Gasteiger partial charge in [0.05, 0.1) is 12.1 Å². The Morgan fingerprint density at radius 2 is 1.87 bits per heavy atom. The van der Waals surface area contributed by atoms with E-state index in [0.717, 1.165) is 38.5 Å². The summed E-state index contributed by atoms with van der Waals surface area (Å²) in [7, 11) is 1.96. The van der Waals surface area contributed by atoms with Crippen LogP contribution >= 0.6 is 0 Å². The Kier molecular flexibility index (Phi) is 6.16. The van der Waals surface area contributed by atoms with Gasteiger partial charge in [-0.25, -0.2) is 0 Å². The van der Waals surface area contributed by atoms with E-state index < -0.39 is 12.1 Å². The van der Waals surface area contributed by atoms with Gasteiger partial charge >= 0.3 is 0 Å². The predicted octanol–water partition coefficient (Wildman–Crippen LogP) is 0.801. The molecule has 0 aliphatic carbocycles. The van der Waals surface area contributed by atoms with Crippen molar-refractivity contribution in [2.24, 2.45) is 5.92 Å². The van der Waals surface area contributed by atoms with E-state index in [2.05, 4.69) is 10.2 Å². The van der Waals surface area contributed by atoms with Gasteiger partial charge in [-0.05, 0) is 45.2 Å². The summed E-state index contributed by atoms with van der Waals surface area (Å²) in [5.74, 6) is -0.0225. The SMILES string of the molecule is CCC(C)[C@@H](C=O)NC(=O)[C@@H]1CCCN1C(=O)[C@H]1CCCN1C. The van der Waals surface area contributed by atoms with Gasteiger partial charge in [-0.2, -0.15) is 0 Å². The zero-order chi connectivity index (χ0) is 17.0. The minimum atomic E-state index is -0.473. The normalized spacial score (nSPS) is 27.7. The first-order valence-electron chi connectivity index (χ1n) is 8.76. The van der Waals surface area contributed by atoms with Crippen molar-refractivity contribution in [1.29, 1.82) is 0 Å². The Morgan fingerprint density at radius 1 is 1.22 bits per heavy atom. The highest BCUT2D eigenvalue weighted by Crippen LogP contribution is 2.24. The van der Waals surface area contributed by atoms with Gasteiger partial charge in [0.25, 0.3) is 0 Å². The van der Waals surface area contributed by atoms with Gasteiger partial charge in [0, 0.05) is 6.54 Å². The van der Waals surface area contributed by atoms with Crippen molar-refractivity contribution in [1.82, 2.24) is 15.1 Å². The third kappa shape index (κ3) is 3.91. The Bertz CT molecular complexity index is 454. The molecule has 2 aliphatic rings. The summed E-state index contributed by atoms with van der Waals surface area (Å²) in [6.45, 7) is 5.51. The number of hydrogen-bond donors (Lipinski definition) is 1.